The third-order valence-corrected chi connectivity index (χ3v) is 21.1. The molecule has 0 heterocycles. The molecule has 0 aromatic carbocycles. The molecule has 20 nitrogen and oxygen atoms in total. The average Bonchev–Trinajstić information content (AvgIpc) is 3.94. The number of nitrogens with one attached hydrogen (secondary N) is 5. The second kappa shape index (κ2) is 22.3. The van der Waals surface area contributed by atoms with Gasteiger partial charge in [-0.2, -0.15) is 0 Å². The summed E-state index contributed by atoms with van der Waals surface area (Å²) in [6.45, 7) is 17.6. The summed E-state index contributed by atoms with van der Waals surface area (Å²) in [5.74, 6) is -4.69. The van der Waals surface area contributed by atoms with E-state index in [-0.39, 0.29) is 48.7 Å². The monoisotopic (exact) mass is 1070 g/mol. The molecule has 5 fully saturated rings. The average molecular weight is 1070 g/mol. The zero-order valence-electron chi connectivity index (χ0n) is 38.8. The maximum atomic E-state index is 13.1. The van der Waals surface area contributed by atoms with E-state index in [9.17, 15) is 79.2 Å². The van der Waals surface area contributed by atoms with Gasteiger partial charge in [-0.3, -0.25) is 47.6 Å². The van der Waals surface area contributed by atoms with Crippen LogP contribution in [0.5, 0.6) is 0 Å². The van der Waals surface area contributed by atoms with E-state index >= 15 is 0 Å². The van der Waals surface area contributed by atoms with E-state index in [1.165, 1.54) is 13.8 Å². The number of amides is 5. The molecule has 5 saturated carbocycles. The van der Waals surface area contributed by atoms with E-state index in [1.807, 2.05) is 4.72 Å². The van der Waals surface area contributed by atoms with Crippen LogP contribution in [0.15, 0.2) is 0 Å². The summed E-state index contributed by atoms with van der Waals surface area (Å²) in [5.41, 5.74) is 0. The van der Waals surface area contributed by atoms with Gasteiger partial charge < -0.3 is 0 Å². The topological polar surface area (TPSA) is 316 Å². The summed E-state index contributed by atoms with van der Waals surface area (Å²) < 4.78 is 157. The number of carbonyl (C=O) groups is 5. The molecule has 66 heavy (non-hydrogen) atoms. The number of rotatable bonds is 16. The van der Waals surface area contributed by atoms with Crippen LogP contribution in [0.3, 0.4) is 0 Å². The van der Waals surface area contributed by atoms with Crippen LogP contribution in [0.4, 0.5) is 13.2 Å². The normalized spacial score (nSPS) is 19.5. The maximum absolute atomic E-state index is 13.1. The van der Waals surface area contributed by atoms with Crippen molar-refractivity contribution in [3.05, 3.63) is 0 Å². The number of hydrogen-bond acceptors (Lipinski definition) is 15. The van der Waals surface area contributed by atoms with Gasteiger partial charge >= 0.3 is 0 Å². The molecule has 5 amide bonds. The molecule has 0 aromatic rings. The molecule has 0 saturated heterocycles. The van der Waals surface area contributed by atoms with Gasteiger partial charge in [0.1, 0.15) is 0 Å². The van der Waals surface area contributed by atoms with Crippen molar-refractivity contribution in [1.29, 1.82) is 0 Å². The van der Waals surface area contributed by atoms with Crippen molar-refractivity contribution in [2.75, 3.05) is 0 Å². The summed E-state index contributed by atoms with van der Waals surface area (Å²) in [5, 5.41) is -2.52. The Hall–Kier alpha value is -2.82. The molecule has 0 aliphatic heterocycles. The van der Waals surface area contributed by atoms with E-state index in [0.717, 1.165) is 0 Å². The minimum absolute atomic E-state index is 0.0201. The highest BCUT2D eigenvalue weighted by atomic mass is 35.5. The summed E-state index contributed by atoms with van der Waals surface area (Å²) in [4.78, 5) is 55.3. The number of carbonyl (C=O) groups excluding carboxylic acids is 5. The van der Waals surface area contributed by atoms with E-state index in [4.69, 9.17) is 11.6 Å². The molecule has 0 aromatic heterocycles. The smallest absolute Gasteiger partial charge is 0.270 e. The van der Waals surface area contributed by atoms with Crippen molar-refractivity contribution in [2.45, 2.75) is 171 Å². The van der Waals surface area contributed by atoms with Crippen LogP contribution in [0.2, 0.25) is 0 Å². The van der Waals surface area contributed by atoms with Crippen molar-refractivity contribution in [1.82, 2.24) is 23.6 Å². The summed E-state index contributed by atoms with van der Waals surface area (Å²) in [6, 6.07) is 0. The predicted octanol–water partition coefficient (Wildman–Crippen LogP) is 3.14. The van der Waals surface area contributed by atoms with E-state index in [1.54, 1.807) is 71.8 Å². The molecule has 5 aliphatic carbocycles. The molecule has 5 aliphatic rings. The molecule has 29 heteroatoms. The van der Waals surface area contributed by atoms with Gasteiger partial charge in [-0.05, 0) is 58.3 Å². The first-order valence-corrected chi connectivity index (χ1v) is 28.8. The first-order chi connectivity index (χ1) is 29.5. The zero-order chi connectivity index (χ0) is 52.0. The number of halogens is 4. The Morgan fingerprint density at radius 2 is 0.773 bits per heavy atom. The minimum atomic E-state index is -4.24. The second-order valence-corrected chi connectivity index (χ2v) is 29.5. The Labute approximate surface area is 392 Å². The highest BCUT2D eigenvalue weighted by Crippen LogP contribution is 2.48. The molecule has 0 atom stereocenters. The van der Waals surface area contributed by atoms with Crippen LogP contribution >= 0.6 is 11.6 Å². The lowest BCUT2D eigenvalue weighted by atomic mass is 10.2. The first kappa shape index (κ1) is 61.2. The predicted molar refractivity (Wildman–Crippen MR) is 239 cm³/mol. The molecule has 386 valence electrons. The Morgan fingerprint density at radius 1 is 0.470 bits per heavy atom. The van der Waals surface area contributed by atoms with Crippen molar-refractivity contribution >= 4 is 91.3 Å². The van der Waals surface area contributed by atoms with Gasteiger partial charge in [-0.15, -0.1) is 0 Å². The third-order valence-electron chi connectivity index (χ3n) is 10.3. The van der Waals surface area contributed by atoms with Crippen molar-refractivity contribution in [3.8, 4) is 0 Å². The molecule has 0 spiro atoms. The molecule has 0 radical (unpaired) electrons. The van der Waals surface area contributed by atoms with E-state index in [2.05, 4.69) is 9.44 Å². The quantitative estimate of drug-likeness (QED) is 0.139. The second-order valence-electron chi connectivity index (χ2n) is 18.4. The fourth-order valence-corrected chi connectivity index (χ4v) is 11.3. The Bertz CT molecular complexity index is 2200. The van der Waals surface area contributed by atoms with Gasteiger partial charge in [-0.25, -0.2) is 55.3 Å². The highest BCUT2D eigenvalue weighted by Gasteiger charge is 2.62. The minimum Gasteiger partial charge on any atom is -0.274 e. The van der Waals surface area contributed by atoms with Gasteiger partial charge in [0, 0.05) is 42.4 Å². The highest BCUT2D eigenvalue weighted by molar-refractivity contribution is 7.93. The molecular formula is C37H65ClF3N5O15S5. The van der Waals surface area contributed by atoms with Gasteiger partial charge in [-0.1, -0.05) is 80.8 Å². The van der Waals surface area contributed by atoms with Crippen LogP contribution in [0.25, 0.3) is 0 Å². The summed E-state index contributed by atoms with van der Waals surface area (Å²) in [7, 11) is -18.8. The number of alkyl halides is 4. The van der Waals surface area contributed by atoms with Crippen LogP contribution < -0.4 is 23.6 Å². The molecular weight excluding hydrogens is 1010 g/mol. The lowest BCUT2D eigenvalue weighted by molar-refractivity contribution is -0.123. The van der Waals surface area contributed by atoms with Crippen LogP contribution in [-0.4, -0.2) is 102 Å². The van der Waals surface area contributed by atoms with Crippen molar-refractivity contribution in [2.24, 2.45) is 29.6 Å². The lowest BCUT2D eigenvalue weighted by Gasteiger charge is -2.16. The van der Waals surface area contributed by atoms with Crippen LogP contribution in [0, 0.1) is 29.6 Å². The largest absolute Gasteiger partial charge is 0.274 e. The fourth-order valence-electron chi connectivity index (χ4n) is 4.03. The summed E-state index contributed by atoms with van der Waals surface area (Å²) in [6.07, 6.45) is 0.306. The Kier molecular flexibility index (Phi) is 20.7. The van der Waals surface area contributed by atoms with E-state index in [0.29, 0.717) is 38.5 Å². The number of hydrogen-bond donors (Lipinski definition) is 5. The standard InChI is InChI=1S/C8H13F2NO3S.C8H15NO3S.C7H12ClNO3S.C7H12FNO3S.C7H13NO3S/c1-5(2)6(12)11-15(13,14)8(3-4-8)7(9)10;1-6(2)7(10)9-13(11,12)8(3)4-5-8;2*1-5(2)6(10)9-13(11,12)7(8)3-4-7;1-5(2)7(9)8-12(10,11)6-3-4-6/h5,7H,3-4H2,1-2H3,(H,11,12);6H,4-5H2,1-3H3,(H,9,10);2*5H,3-4H2,1-2H3,(H,9,10);5-6H,3-4H2,1-2H3,(H,8,9). The molecule has 5 N–H and O–H groups in total. The number of sulfonamides is 5. The molecule has 0 bridgehead atoms. The van der Waals surface area contributed by atoms with Gasteiger partial charge in [0.2, 0.25) is 64.6 Å². The lowest BCUT2D eigenvalue weighted by Crippen LogP contribution is -2.44. The van der Waals surface area contributed by atoms with Gasteiger partial charge in [0.15, 0.2) is 8.95 Å². The maximum Gasteiger partial charge on any atom is 0.270 e. The Morgan fingerprint density at radius 3 is 1.03 bits per heavy atom. The molecule has 0 unspecified atom stereocenters. The van der Waals surface area contributed by atoms with Gasteiger partial charge in [0.25, 0.3) is 26.5 Å². The van der Waals surface area contributed by atoms with Crippen molar-refractivity contribution < 1.29 is 79.2 Å². The van der Waals surface area contributed by atoms with E-state index < -0.39 is 117 Å². The Balaban J connectivity index is 0.000000413. The molecule has 5 rings (SSSR count). The summed E-state index contributed by atoms with van der Waals surface area (Å²) >= 11 is 5.68. The zero-order valence-corrected chi connectivity index (χ0v) is 43.6. The first-order valence-electron chi connectivity index (χ1n) is 21.0. The van der Waals surface area contributed by atoms with Crippen LogP contribution in [-0.2, 0) is 74.1 Å². The SMILES string of the molecule is CC(C)C(=O)NS(=O)(=O)C1(C(F)F)CC1.CC(C)C(=O)NS(=O)(=O)C1(C)CC1.CC(C)C(=O)NS(=O)(=O)C1(Cl)CC1.CC(C)C(=O)NS(=O)(=O)C1(F)CC1.CC(C)C(=O)NS(=O)(=O)C1CC1. The van der Waals surface area contributed by atoms with Gasteiger partial charge in [0.05, 0.1) is 10.00 Å². The fraction of sp³-hybridized carbons (Fsp3) is 0.865. The third kappa shape index (κ3) is 17.3. The van der Waals surface area contributed by atoms with Crippen molar-refractivity contribution in [3.63, 3.8) is 0 Å². The van der Waals surface area contributed by atoms with Crippen LogP contribution in [0.1, 0.15) is 140 Å².